The second-order valence-corrected chi connectivity index (χ2v) is 5.30. The van der Waals surface area contributed by atoms with Crippen LogP contribution in [-0.2, 0) is 0 Å². The van der Waals surface area contributed by atoms with E-state index in [0.717, 1.165) is 25.7 Å². The molecule has 1 aliphatic carbocycles. The van der Waals surface area contributed by atoms with Gasteiger partial charge >= 0.3 is 6.18 Å². The molecule has 0 amide bonds. The summed E-state index contributed by atoms with van der Waals surface area (Å²) in [7, 11) is 0. The second kappa shape index (κ2) is 4.92. The zero-order valence-corrected chi connectivity index (χ0v) is 10.4. The summed E-state index contributed by atoms with van der Waals surface area (Å²) in [5, 5.41) is 2.82. The maximum absolute atomic E-state index is 13.2. The third kappa shape index (κ3) is 3.05. The van der Waals surface area contributed by atoms with Gasteiger partial charge in [-0.1, -0.05) is 43.2 Å². The highest BCUT2D eigenvalue weighted by Crippen LogP contribution is 2.38. The predicted molar refractivity (Wildman–Crippen MR) is 65.2 cm³/mol. The third-order valence-corrected chi connectivity index (χ3v) is 3.66. The second-order valence-electron chi connectivity index (χ2n) is 5.30. The summed E-state index contributed by atoms with van der Waals surface area (Å²) < 4.78 is 39.5. The quantitative estimate of drug-likeness (QED) is 0.855. The molecule has 1 saturated carbocycles. The Bertz CT molecular complexity index is 380. The molecule has 0 saturated heterocycles. The van der Waals surface area contributed by atoms with Crippen LogP contribution in [0.4, 0.5) is 13.2 Å². The lowest BCUT2D eigenvalue weighted by atomic mass is 9.96. The summed E-state index contributed by atoms with van der Waals surface area (Å²) in [4.78, 5) is 0. The zero-order valence-electron chi connectivity index (χ0n) is 10.4. The average Bonchev–Trinajstić information content (AvgIpc) is 2.73. The predicted octanol–water partition coefficient (Wildman–Crippen LogP) is 4.21. The molecular weight excluding hydrogens is 239 g/mol. The molecule has 1 aromatic rings. The standard InChI is InChI=1S/C14H18F3N/c1-13(9-5-6-10-13)18-12(14(15,16)17)11-7-3-2-4-8-11/h2-4,7-8,12,18H,5-6,9-10H2,1H3. The molecule has 1 N–H and O–H groups in total. The van der Waals surface area contributed by atoms with Crippen LogP contribution in [-0.4, -0.2) is 11.7 Å². The van der Waals surface area contributed by atoms with E-state index in [0.29, 0.717) is 0 Å². The fourth-order valence-electron chi connectivity index (χ4n) is 2.65. The van der Waals surface area contributed by atoms with Crippen LogP contribution in [0.2, 0.25) is 0 Å². The van der Waals surface area contributed by atoms with Crippen LogP contribution in [0.1, 0.15) is 44.2 Å². The number of hydrogen-bond acceptors (Lipinski definition) is 1. The van der Waals surface area contributed by atoms with Crippen LogP contribution < -0.4 is 5.32 Å². The van der Waals surface area contributed by atoms with E-state index in [1.807, 2.05) is 6.92 Å². The van der Waals surface area contributed by atoms with E-state index in [-0.39, 0.29) is 5.56 Å². The van der Waals surface area contributed by atoms with Gasteiger partial charge in [0, 0.05) is 5.54 Å². The van der Waals surface area contributed by atoms with Crippen molar-refractivity contribution in [3.63, 3.8) is 0 Å². The van der Waals surface area contributed by atoms with E-state index in [2.05, 4.69) is 5.32 Å². The average molecular weight is 257 g/mol. The zero-order chi connectivity index (χ0) is 13.2. The van der Waals surface area contributed by atoms with Crippen molar-refractivity contribution in [3.05, 3.63) is 35.9 Å². The molecule has 4 heteroatoms. The summed E-state index contributed by atoms with van der Waals surface area (Å²) >= 11 is 0. The highest BCUT2D eigenvalue weighted by atomic mass is 19.4. The first-order valence-electron chi connectivity index (χ1n) is 6.30. The van der Waals surface area contributed by atoms with E-state index in [1.54, 1.807) is 18.2 Å². The molecular formula is C14H18F3N. The van der Waals surface area contributed by atoms with Crippen molar-refractivity contribution in [3.8, 4) is 0 Å². The monoisotopic (exact) mass is 257 g/mol. The third-order valence-electron chi connectivity index (χ3n) is 3.66. The summed E-state index contributed by atoms with van der Waals surface area (Å²) in [6.45, 7) is 1.89. The highest BCUT2D eigenvalue weighted by molar-refractivity contribution is 5.21. The molecule has 100 valence electrons. The van der Waals surface area contributed by atoms with Gasteiger partial charge in [0.25, 0.3) is 0 Å². The topological polar surface area (TPSA) is 12.0 Å². The Balaban J connectivity index is 2.21. The number of hydrogen-bond donors (Lipinski definition) is 1. The Labute approximate surface area is 105 Å². The Morgan fingerprint density at radius 1 is 1.11 bits per heavy atom. The van der Waals surface area contributed by atoms with Gasteiger partial charge in [0.1, 0.15) is 6.04 Å². The van der Waals surface area contributed by atoms with Crippen LogP contribution in [0.25, 0.3) is 0 Å². The molecule has 0 aliphatic heterocycles. The van der Waals surface area contributed by atoms with Crippen LogP contribution in [0.15, 0.2) is 30.3 Å². The number of alkyl halides is 3. The molecule has 1 aliphatic rings. The molecule has 0 bridgehead atoms. The lowest BCUT2D eigenvalue weighted by Crippen LogP contribution is -2.47. The molecule has 0 radical (unpaired) electrons. The van der Waals surface area contributed by atoms with E-state index in [1.165, 1.54) is 12.1 Å². The minimum atomic E-state index is -4.26. The SMILES string of the molecule is CC1(NC(c2ccccc2)C(F)(F)F)CCCC1. The van der Waals surface area contributed by atoms with Crippen LogP contribution in [0.5, 0.6) is 0 Å². The summed E-state index contributed by atoms with van der Waals surface area (Å²) in [5.74, 6) is 0. The molecule has 0 spiro atoms. The Morgan fingerprint density at radius 2 is 1.67 bits per heavy atom. The number of benzene rings is 1. The Hall–Kier alpha value is -1.03. The fourth-order valence-corrected chi connectivity index (χ4v) is 2.65. The summed E-state index contributed by atoms with van der Waals surface area (Å²) in [6.07, 6.45) is -0.627. The Morgan fingerprint density at radius 3 is 2.17 bits per heavy atom. The van der Waals surface area contributed by atoms with Crippen molar-refractivity contribution < 1.29 is 13.2 Å². The first-order valence-corrected chi connectivity index (χ1v) is 6.30. The molecule has 0 aromatic heterocycles. The van der Waals surface area contributed by atoms with Gasteiger partial charge < -0.3 is 0 Å². The Kier molecular flexibility index (Phi) is 3.66. The number of halogens is 3. The smallest absolute Gasteiger partial charge is 0.297 e. The van der Waals surface area contributed by atoms with Crippen molar-refractivity contribution in [1.82, 2.24) is 5.32 Å². The molecule has 1 atom stereocenters. The largest absolute Gasteiger partial charge is 0.407 e. The molecule has 0 heterocycles. The van der Waals surface area contributed by atoms with Crippen molar-refractivity contribution in [2.75, 3.05) is 0 Å². The maximum Gasteiger partial charge on any atom is 0.407 e. The first kappa shape index (κ1) is 13.4. The van der Waals surface area contributed by atoms with Crippen molar-refractivity contribution in [2.45, 2.75) is 50.4 Å². The summed E-state index contributed by atoms with van der Waals surface area (Å²) in [5.41, 5.74) is -0.103. The molecule has 18 heavy (non-hydrogen) atoms. The highest BCUT2D eigenvalue weighted by Gasteiger charge is 2.44. The minimum absolute atomic E-state index is 0.290. The van der Waals surface area contributed by atoms with Crippen LogP contribution in [0, 0.1) is 0 Å². The number of nitrogens with one attached hydrogen (secondary N) is 1. The van der Waals surface area contributed by atoms with Gasteiger partial charge in [-0.25, -0.2) is 0 Å². The van der Waals surface area contributed by atoms with Gasteiger partial charge in [-0.2, -0.15) is 13.2 Å². The van der Waals surface area contributed by atoms with Gasteiger partial charge in [-0.3, -0.25) is 5.32 Å². The lowest BCUT2D eigenvalue weighted by molar-refractivity contribution is -0.162. The molecule has 1 nitrogen and oxygen atoms in total. The van der Waals surface area contributed by atoms with E-state index in [9.17, 15) is 13.2 Å². The van der Waals surface area contributed by atoms with Gasteiger partial charge in [0.2, 0.25) is 0 Å². The molecule has 1 unspecified atom stereocenters. The minimum Gasteiger partial charge on any atom is -0.297 e. The summed E-state index contributed by atoms with van der Waals surface area (Å²) in [6, 6.07) is 6.52. The lowest BCUT2D eigenvalue weighted by Gasteiger charge is -2.33. The van der Waals surface area contributed by atoms with E-state index < -0.39 is 17.8 Å². The van der Waals surface area contributed by atoms with Crippen molar-refractivity contribution in [1.29, 1.82) is 0 Å². The van der Waals surface area contributed by atoms with Crippen molar-refractivity contribution in [2.24, 2.45) is 0 Å². The first-order chi connectivity index (χ1) is 8.41. The molecule has 1 fully saturated rings. The molecule has 2 rings (SSSR count). The van der Waals surface area contributed by atoms with Crippen LogP contribution in [0.3, 0.4) is 0 Å². The van der Waals surface area contributed by atoms with Crippen LogP contribution >= 0.6 is 0 Å². The van der Waals surface area contributed by atoms with Gasteiger partial charge in [-0.15, -0.1) is 0 Å². The maximum atomic E-state index is 13.2. The fraction of sp³-hybridized carbons (Fsp3) is 0.571. The van der Waals surface area contributed by atoms with Crippen molar-refractivity contribution >= 4 is 0 Å². The van der Waals surface area contributed by atoms with E-state index >= 15 is 0 Å². The van der Waals surface area contributed by atoms with Gasteiger partial charge in [0.05, 0.1) is 0 Å². The van der Waals surface area contributed by atoms with E-state index in [4.69, 9.17) is 0 Å². The van der Waals surface area contributed by atoms with Gasteiger partial charge in [0.15, 0.2) is 0 Å². The molecule has 1 aromatic carbocycles. The van der Waals surface area contributed by atoms with Gasteiger partial charge in [-0.05, 0) is 25.3 Å². The normalized spacial score (nSPS) is 20.9. The number of rotatable bonds is 3.